The molecule has 0 unspecified atom stereocenters. The Balaban J connectivity index is 1.99. The van der Waals surface area contributed by atoms with E-state index in [-0.39, 0.29) is 23.7 Å². The smallest absolute Gasteiger partial charge is 0.355 e. The van der Waals surface area contributed by atoms with Gasteiger partial charge in [0.2, 0.25) is 5.91 Å². The maximum Gasteiger partial charge on any atom is 0.355 e. The van der Waals surface area contributed by atoms with Gasteiger partial charge in [-0.15, -0.1) is 0 Å². The predicted octanol–water partition coefficient (Wildman–Crippen LogP) is -0.0249. The molecule has 2 atom stereocenters. The van der Waals surface area contributed by atoms with E-state index in [1.807, 2.05) is 0 Å². The third kappa shape index (κ3) is 2.19. The average Bonchev–Trinajstić information content (AvgIpc) is 3.09. The minimum Gasteiger partial charge on any atom is -0.461 e. The van der Waals surface area contributed by atoms with E-state index in [9.17, 15) is 24.5 Å². The summed E-state index contributed by atoms with van der Waals surface area (Å²) in [6, 6.07) is 4.33. The molecule has 0 aromatic heterocycles. The van der Waals surface area contributed by atoms with E-state index in [0.717, 1.165) is 0 Å². The van der Waals surface area contributed by atoms with E-state index < -0.39 is 34.7 Å². The molecule has 0 radical (unpaired) electrons. The summed E-state index contributed by atoms with van der Waals surface area (Å²) < 4.78 is 4.82. The Morgan fingerprint density at radius 2 is 2.08 bits per heavy atom. The van der Waals surface area contributed by atoms with Crippen LogP contribution >= 0.6 is 0 Å². The predicted molar refractivity (Wildman–Crippen MR) is 80.1 cm³/mol. The van der Waals surface area contributed by atoms with Gasteiger partial charge in [0.05, 0.1) is 11.5 Å². The standard InChI is InChI=1S/C14H12N4O6/c1-2-24-14(21)11-9-10(15-16-11)13(20)17(12(9)19)7-5-3-4-6-8(7)18(22)23/h3-6,9-10,15H,2H2,1H3/t9-,10+/m0/s1. The number of carbonyl (C=O) groups excluding carboxylic acids is 3. The van der Waals surface area contributed by atoms with Crippen molar-refractivity contribution in [2.24, 2.45) is 11.0 Å². The monoisotopic (exact) mass is 332 g/mol. The Bertz CT molecular complexity index is 789. The van der Waals surface area contributed by atoms with Gasteiger partial charge in [-0.25, -0.2) is 9.69 Å². The van der Waals surface area contributed by atoms with Crippen LogP contribution < -0.4 is 10.3 Å². The molecule has 2 amide bonds. The third-order valence-electron chi connectivity index (χ3n) is 3.73. The first-order valence-corrected chi connectivity index (χ1v) is 7.08. The second-order valence-electron chi connectivity index (χ2n) is 5.06. The number of imide groups is 1. The number of nitro groups is 1. The van der Waals surface area contributed by atoms with Crippen LogP contribution in [0, 0.1) is 16.0 Å². The lowest BCUT2D eigenvalue weighted by atomic mass is 9.99. The number of esters is 1. The molecular weight excluding hydrogens is 320 g/mol. The van der Waals surface area contributed by atoms with Crippen molar-refractivity contribution in [2.45, 2.75) is 13.0 Å². The third-order valence-corrected chi connectivity index (χ3v) is 3.73. The van der Waals surface area contributed by atoms with Crippen LogP contribution in [0.15, 0.2) is 29.4 Å². The first-order valence-electron chi connectivity index (χ1n) is 7.08. The van der Waals surface area contributed by atoms with Crippen molar-refractivity contribution < 1.29 is 24.0 Å². The summed E-state index contributed by atoms with van der Waals surface area (Å²) in [6.07, 6.45) is 0. The second kappa shape index (κ2) is 5.72. The minimum absolute atomic E-state index is 0.0885. The van der Waals surface area contributed by atoms with Gasteiger partial charge in [-0.05, 0) is 13.0 Å². The number of ether oxygens (including phenoxy) is 1. The molecule has 10 heteroatoms. The summed E-state index contributed by atoms with van der Waals surface area (Å²) in [6.45, 7) is 1.69. The number of fused-ring (bicyclic) bond motifs is 1. The first-order chi connectivity index (χ1) is 11.5. The number of benzene rings is 1. The van der Waals surface area contributed by atoms with Gasteiger partial charge in [0.15, 0.2) is 5.71 Å². The number of rotatable bonds is 4. The molecule has 0 saturated carbocycles. The number of nitrogens with one attached hydrogen (secondary N) is 1. The number of hydrogen-bond acceptors (Lipinski definition) is 8. The van der Waals surface area contributed by atoms with Crippen LogP contribution in [0.25, 0.3) is 0 Å². The quantitative estimate of drug-likeness (QED) is 0.354. The molecule has 24 heavy (non-hydrogen) atoms. The van der Waals surface area contributed by atoms with Gasteiger partial charge in [0.25, 0.3) is 11.6 Å². The maximum absolute atomic E-state index is 12.6. The molecule has 2 aliphatic rings. The fourth-order valence-corrected chi connectivity index (χ4v) is 2.71. The molecule has 1 N–H and O–H groups in total. The van der Waals surface area contributed by atoms with Crippen molar-refractivity contribution in [1.29, 1.82) is 0 Å². The molecule has 1 fully saturated rings. The fraction of sp³-hybridized carbons (Fsp3) is 0.286. The van der Waals surface area contributed by atoms with Gasteiger partial charge < -0.3 is 4.74 Å². The van der Waals surface area contributed by atoms with Crippen LogP contribution in [0.4, 0.5) is 11.4 Å². The van der Waals surface area contributed by atoms with Crippen molar-refractivity contribution in [3.63, 3.8) is 0 Å². The zero-order chi connectivity index (χ0) is 17.4. The topological polar surface area (TPSA) is 131 Å². The molecular formula is C14H12N4O6. The van der Waals surface area contributed by atoms with Crippen LogP contribution in [0.5, 0.6) is 0 Å². The molecule has 2 heterocycles. The SMILES string of the molecule is CCOC(=O)C1=NN[C@H]2C(=O)N(c3ccccc3[N+](=O)[O-])C(=O)[C@H]12. The van der Waals surface area contributed by atoms with E-state index in [4.69, 9.17) is 4.74 Å². The average molecular weight is 332 g/mol. The van der Waals surface area contributed by atoms with Crippen molar-refractivity contribution >= 4 is 34.9 Å². The molecule has 1 saturated heterocycles. The number of anilines is 1. The Hall–Kier alpha value is -3.30. The highest BCUT2D eigenvalue weighted by molar-refractivity contribution is 6.46. The fourth-order valence-electron chi connectivity index (χ4n) is 2.71. The lowest BCUT2D eigenvalue weighted by Gasteiger charge is -2.15. The molecule has 3 rings (SSSR count). The van der Waals surface area contributed by atoms with E-state index in [1.165, 1.54) is 24.3 Å². The Morgan fingerprint density at radius 3 is 2.75 bits per heavy atom. The Morgan fingerprint density at radius 1 is 1.38 bits per heavy atom. The van der Waals surface area contributed by atoms with Crippen LogP contribution in [-0.2, 0) is 19.1 Å². The Kier molecular flexibility index (Phi) is 3.72. The summed E-state index contributed by atoms with van der Waals surface area (Å²) in [4.78, 5) is 48.2. The zero-order valence-electron chi connectivity index (χ0n) is 12.5. The van der Waals surface area contributed by atoms with Gasteiger partial charge in [-0.1, -0.05) is 12.1 Å². The molecule has 0 spiro atoms. The zero-order valence-corrected chi connectivity index (χ0v) is 12.5. The first kappa shape index (κ1) is 15.6. The second-order valence-corrected chi connectivity index (χ2v) is 5.06. The molecule has 1 aromatic carbocycles. The summed E-state index contributed by atoms with van der Waals surface area (Å²) in [5.74, 6) is -3.42. The molecule has 124 valence electrons. The number of nitrogens with zero attached hydrogens (tertiary/aromatic N) is 3. The number of hydrogen-bond donors (Lipinski definition) is 1. The van der Waals surface area contributed by atoms with Gasteiger partial charge in [0, 0.05) is 6.07 Å². The van der Waals surface area contributed by atoms with Crippen LogP contribution in [0.3, 0.4) is 0 Å². The maximum atomic E-state index is 12.6. The lowest BCUT2D eigenvalue weighted by Crippen LogP contribution is -2.36. The van der Waals surface area contributed by atoms with Crippen molar-refractivity contribution in [2.75, 3.05) is 11.5 Å². The number of para-hydroxylation sites is 2. The van der Waals surface area contributed by atoms with Crippen molar-refractivity contribution in [3.8, 4) is 0 Å². The summed E-state index contributed by atoms with van der Waals surface area (Å²) in [7, 11) is 0. The summed E-state index contributed by atoms with van der Waals surface area (Å²) >= 11 is 0. The van der Waals surface area contributed by atoms with E-state index >= 15 is 0 Å². The molecule has 0 bridgehead atoms. The normalized spacial score (nSPS) is 22.0. The van der Waals surface area contributed by atoms with E-state index in [0.29, 0.717) is 4.90 Å². The highest BCUT2D eigenvalue weighted by Gasteiger charge is 2.56. The summed E-state index contributed by atoms with van der Waals surface area (Å²) in [5, 5.41) is 14.9. The minimum atomic E-state index is -1.16. The highest BCUT2D eigenvalue weighted by atomic mass is 16.6. The summed E-state index contributed by atoms with van der Waals surface area (Å²) in [5.41, 5.74) is 1.71. The molecule has 1 aromatic rings. The van der Waals surface area contributed by atoms with E-state index in [1.54, 1.807) is 6.92 Å². The Labute approximate surface area is 135 Å². The molecule has 2 aliphatic heterocycles. The van der Waals surface area contributed by atoms with Gasteiger partial charge in [-0.2, -0.15) is 5.10 Å². The molecule has 10 nitrogen and oxygen atoms in total. The van der Waals surface area contributed by atoms with Gasteiger partial charge in [0.1, 0.15) is 17.6 Å². The lowest BCUT2D eigenvalue weighted by molar-refractivity contribution is -0.384. The number of carbonyl (C=O) groups is 3. The van der Waals surface area contributed by atoms with Gasteiger partial charge >= 0.3 is 5.97 Å². The highest BCUT2D eigenvalue weighted by Crippen LogP contribution is 2.35. The van der Waals surface area contributed by atoms with Crippen molar-refractivity contribution in [3.05, 3.63) is 34.4 Å². The number of hydrazone groups is 1. The number of amides is 2. The largest absolute Gasteiger partial charge is 0.461 e. The number of nitro benzene ring substituents is 1. The van der Waals surface area contributed by atoms with Crippen LogP contribution in [0.1, 0.15) is 6.92 Å². The van der Waals surface area contributed by atoms with Crippen molar-refractivity contribution in [1.82, 2.24) is 5.43 Å². The van der Waals surface area contributed by atoms with Gasteiger partial charge in [-0.3, -0.25) is 25.1 Å². The molecule has 0 aliphatic carbocycles. The van der Waals surface area contributed by atoms with Crippen LogP contribution in [-0.4, -0.2) is 41.1 Å². The van der Waals surface area contributed by atoms with E-state index in [2.05, 4.69) is 10.5 Å². The van der Waals surface area contributed by atoms with Crippen LogP contribution in [0.2, 0.25) is 0 Å².